The summed E-state index contributed by atoms with van der Waals surface area (Å²) in [6, 6.07) is 4.73. The number of nitrogens with zero attached hydrogens (tertiary/aromatic N) is 4. The number of nitro benzene ring substituents is 1. The van der Waals surface area contributed by atoms with Gasteiger partial charge in [-0.3, -0.25) is 10.1 Å². The fraction of sp³-hybridized carbons (Fsp3) is 0.250. The fourth-order valence-electron chi connectivity index (χ4n) is 1.98. The van der Waals surface area contributed by atoms with Crippen molar-refractivity contribution in [1.82, 2.24) is 9.55 Å². The van der Waals surface area contributed by atoms with Gasteiger partial charge < -0.3 is 20.0 Å². The van der Waals surface area contributed by atoms with Gasteiger partial charge in [0, 0.05) is 18.2 Å². The third kappa shape index (κ3) is 3.14. The predicted molar refractivity (Wildman–Crippen MR) is 75.2 cm³/mol. The van der Waals surface area contributed by atoms with Crippen molar-refractivity contribution in [2.24, 2.45) is 0 Å². The minimum absolute atomic E-state index is 0.0241. The monoisotopic (exact) mass is 291 g/mol. The van der Waals surface area contributed by atoms with Gasteiger partial charge in [0.25, 0.3) is 5.69 Å². The molecule has 0 atom stereocenters. The molecule has 0 amide bonds. The summed E-state index contributed by atoms with van der Waals surface area (Å²) >= 11 is 0. The van der Waals surface area contributed by atoms with E-state index < -0.39 is 9.85 Å². The molecular formula is C12H13N5O4. The van der Waals surface area contributed by atoms with Crippen LogP contribution >= 0.6 is 0 Å². The Hall–Kier alpha value is -2.97. The number of anilines is 1. The second kappa shape index (κ2) is 5.99. The SMILES string of the molecule is CCNc1c(Cn2cnc([N+](=O)[O-])c2)cccc1[N+](=O)[O-]. The van der Waals surface area contributed by atoms with Crippen LogP contribution in [0.3, 0.4) is 0 Å². The topological polar surface area (TPSA) is 116 Å². The van der Waals surface area contributed by atoms with E-state index in [1.807, 2.05) is 6.92 Å². The van der Waals surface area contributed by atoms with Crippen LogP contribution in [0, 0.1) is 20.2 Å². The highest BCUT2D eigenvalue weighted by molar-refractivity contribution is 5.66. The molecule has 0 spiro atoms. The summed E-state index contributed by atoms with van der Waals surface area (Å²) in [5.41, 5.74) is 1.06. The van der Waals surface area contributed by atoms with Gasteiger partial charge in [-0.05, 0) is 16.8 Å². The van der Waals surface area contributed by atoms with Crippen LogP contribution in [0.1, 0.15) is 12.5 Å². The Kier molecular flexibility index (Phi) is 4.12. The fourth-order valence-corrected chi connectivity index (χ4v) is 1.98. The first-order chi connectivity index (χ1) is 10.0. The summed E-state index contributed by atoms with van der Waals surface area (Å²) in [5.74, 6) is -0.259. The zero-order valence-electron chi connectivity index (χ0n) is 11.2. The molecule has 0 saturated carbocycles. The van der Waals surface area contributed by atoms with Gasteiger partial charge in [0.15, 0.2) is 0 Å². The van der Waals surface area contributed by atoms with E-state index in [9.17, 15) is 20.2 Å². The molecule has 1 N–H and O–H groups in total. The molecule has 9 nitrogen and oxygen atoms in total. The first kappa shape index (κ1) is 14.4. The van der Waals surface area contributed by atoms with Crippen LogP contribution < -0.4 is 5.32 Å². The molecular weight excluding hydrogens is 278 g/mol. The Morgan fingerprint density at radius 3 is 2.62 bits per heavy atom. The average Bonchev–Trinajstić information content (AvgIpc) is 2.89. The van der Waals surface area contributed by atoms with Crippen molar-refractivity contribution in [2.75, 3.05) is 11.9 Å². The van der Waals surface area contributed by atoms with E-state index in [4.69, 9.17) is 0 Å². The van der Waals surface area contributed by atoms with Gasteiger partial charge in [-0.1, -0.05) is 12.1 Å². The van der Waals surface area contributed by atoms with Crippen LogP contribution in [-0.2, 0) is 6.54 Å². The average molecular weight is 291 g/mol. The maximum absolute atomic E-state index is 11.1. The van der Waals surface area contributed by atoms with Gasteiger partial charge in [-0.2, -0.15) is 0 Å². The minimum Gasteiger partial charge on any atom is -0.379 e. The van der Waals surface area contributed by atoms with E-state index >= 15 is 0 Å². The molecule has 9 heteroatoms. The van der Waals surface area contributed by atoms with Crippen molar-refractivity contribution in [3.05, 3.63) is 56.5 Å². The number of nitrogens with one attached hydrogen (secondary N) is 1. The van der Waals surface area contributed by atoms with Gasteiger partial charge >= 0.3 is 5.82 Å². The number of benzene rings is 1. The minimum atomic E-state index is -0.588. The van der Waals surface area contributed by atoms with Crippen molar-refractivity contribution < 1.29 is 9.85 Å². The van der Waals surface area contributed by atoms with E-state index in [0.717, 1.165) is 0 Å². The van der Waals surface area contributed by atoms with E-state index in [-0.39, 0.29) is 18.1 Å². The largest absolute Gasteiger partial charge is 0.381 e. The third-order valence-electron chi connectivity index (χ3n) is 2.84. The van der Waals surface area contributed by atoms with Gasteiger partial charge in [0.2, 0.25) is 6.33 Å². The standard InChI is InChI=1S/C12H13N5O4/c1-2-13-12-9(4-3-5-10(12)16(18)19)6-15-7-11(14-8-15)17(20)21/h3-5,7-8,13H,2,6H2,1H3. The predicted octanol–water partition coefficient (Wildman–Crippen LogP) is 2.18. The molecule has 0 aliphatic rings. The molecule has 0 radical (unpaired) electrons. The van der Waals surface area contributed by atoms with Crippen molar-refractivity contribution in [2.45, 2.75) is 13.5 Å². The van der Waals surface area contributed by atoms with E-state index in [2.05, 4.69) is 10.3 Å². The van der Waals surface area contributed by atoms with Crippen LogP contribution in [0.2, 0.25) is 0 Å². The van der Waals surface area contributed by atoms with Gasteiger partial charge in [0.05, 0.1) is 11.5 Å². The molecule has 0 bridgehead atoms. The molecule has 0 aliphatic heterocycles. The summed E-state index contributed by atoms with van der Waals surface area (Å²) < 4.78 is 1.51. The number of imidazole rings is 1. The van der Waals surface area contributed by atoms with Crippen LogP contribution in [0.5, 0.6) is 0 Å². The lowest BCUT2D eigenvalue weighted by Crippen LogP contribution is -2.07. The highest BCUT2D eigenvalue weighted by atomic mass is 16.6. The maximum Gasteiger partial charge on any atom is 0.381 e. The molecule has 110 valence electrons. The Morgan fingerprint density at radius 2 is 2.05 bits per heavy atom. The summed E-state index contributed by atoms with van der Waals surface area (Å²) in [6.07, 6.45) is 2.61. The molecule has 0 aliphatic carbocycles. The molecule has 1 aromatic heterocycles. The first-order valence-electron chi connectivity index (χ1n) is 6.19. The summed E-state index contributed by atoms with van der Waals surface area (Å²) in [6.45, 7) is 2.62. The summed E-state index contributed by atoms with van der Waals surface area (Å²) in [4.78, 5) is 24.3. The van der Waals surface area contributed by atoms with Gasteiger partial charge in [0.1, 0.15) is 11.9 Å². The summed E-state index contributed by atoms with van der Waals surface area (Å²) in [7, 11) is 0. The Balaban J connectivity index is 2.36. The van der Waals surface area contributed by atoms with Crippen LogP contribution in [-0.4, -0.2) is 25.9 Å². The molecule has 1 aromatic carbocycles. The van der Waals surface area contributed by atoms with Gasteiger partial charge in [-0.25, -0.2) is 0 Å². The molecule has 1 heterocycles. The van der Waals surface area contributed by atoms with Crippen molar-refractivity contribution >= 4 is 17.2 Å². The van der Waals surface area contributed by atoms with Crippen LogP contribution in [0.4, 0.5) is 17.2 Å². The number of para-hydroxylation sites is 1. The molecule has 0 fully saturated rings. The lowest BCUT2D eigenvalue weighted by atomic mass is 10.1. The van der Waals surface area contributed by atoms with E-state index in [1.165, 1.54) is 23.2 Å². The Morgan fingerprint density at radius 1 is 1.29 bits per heavy atom. The summed E-state index contributed by atoms with van der Waals surface area (Å²) in [5, 5.41) is 24.6. The number of hydrogen-bond donors (Lipinski definition) is 1. The second-order valence-electron chi connectivity index (χ2n) is 4.26. The molecule has 0 saturated heterocycles. The van der Waals surface area contributed by atoms with Crippen LogP contribution in [0.15, 0.2) is 30.7 Å². The molecule has 2 aromatic rings. The lowest BCUT2D eigenvalue weighted by Gasteiger charge is -2.11. The Bertz CT molecular complexity index is 682. The molecule has 21 heavy (non-hydrogen) atoms. The quantitative estimate of drug-likeness (QED) is 0.644. The molecule has 0 unspecified atom stereocenters. The Labute approximate surface area is 119 Å². The normalized spacial score (nSPS) is 10.3. The number of nitro groups is 2. The van der Waals surface area contributed by atoms with E-state index in [1.54, 1.807) is 12.1 Å². The lowest BCUT2D eigenvalue weighted by molar-refractivity contribution is -0.389. The smallest absolute Gasteiger partial charge is 0.379 e. The van der Waals surface area contributed by atoms with Crippen LogP contribution in [0.25, 0.3) is 0 Å². The van der Waals surface area contributed by atoms with Crippen molar-refractivity contribution in [3.8, 4) is 0 Å². The number of hydrogen-bond acceptors (Lipinski definition) is 6. The zero-order chi connectivity index (χ0) is 15.4. The molecule has 2 rings (SSSR count). The number of aromatic nitrogens is 2. The maximum atomic E-state index is 11.1. The van der Waals surface area contributed by atoms with E-state index in [0.29, 0.717) is 17.8 Å². The third-order valence-corrected chi connectivity index (χ3v) is 2.84. The van der Waals surface area contributed by atoms with Gasteiger partial charge in [-0.15, -0.1) is 0 Å². The van der Waals surface area contributed by atoms with Crippen molar-refractivity contribution in [1.29, 1.82) is 0 Å². The zero-order valence-corrected chi connectivity index (χ0v) is 11.2. The highest BCUT2D eigenvalue weighted by Crippen LogP contribution is 2.29. The highest BCUT2D eigenvalue weighted by Gasteiger charge is 2.18. The van der Waals surface area contributed by atoms with Crippen molar-refractivity contribution in [3.63, 3.8) is 0 Å². The first-order valence-corrected chi connectivity index (χ1v) is 6.19. The second-order valence-corrected chi connectivity index (χ2v) is 4.26. The number of rotatable bonds is 6.